The second kappa shape index (κ2) is 9.04. The van der Waals surface area contributed by atoms with Crippen molar-refractivity contribution in [2.45, 2.75) is 39.2 Å². The molecule has 1 aromatic carbocycles. The molecule has 1 fully saturated rings. The van der Waals surface area contributed by atoms with Crippen LogP contribution in [-0.2, 0) is 4.79 Å². The smallest absolute Gasteiger partial charge is 0.262 e. The van der Waals surface area contributed by atoms with E-state index in [1.54, 1.807) is 0 Å². The van der Waals surface area contributed by atoms with Gasteiger partial charge in [-0.15, -0.1) is 11.3 Å². The number of likely N-dealkylation sites (tertiary alicyclic amines) is 1. The minimum atomic E-state index is -0.169. The summed E-state index contributed by atoms with van der Waals surface area (Å²) in [7, 11) is 0. The largest absolute Gasteiger partial charge is 0.483 e. The van der Waals surface area contributed by atoms with Gasteiger partial charge in [0.05, 0.1) is 10.9 Å². The lowest BCUT2D eigenvalue weighted by Crippen LogP contribution is -2.32. The Morgan fingerprint density at radius 3 is 2.63 bits per heavy atom. The van der Waals surface area contributed by atoms with E-state index in [1.165, 1.54) is 11.3 Å². The van der Waals surface area contributed by atoms with Crippen LogP contribution in [0.5, 0.6) is 5.75 Å². The summed E-state index contributed by atoms with van der Waals surface area (Å²) in [6, 6.07) is 9.40. The van der Waals surface area contributed by atoms with Crippen molar-refractivity contribution < 1.29 is 14.3 Å². The van der Waals surface area contributed by atoms with Gasteiger partial charge >= 0.3 is 0 Å². The van der Waals surface area contributed by atoms with E-state index in [2.05, 4.69) is 5.32 Å². The summed E-state index contributed by atoms with van der Waals surface area (Å²) >= 11 is 1.44. The standard InChI is InChI=1S/C21H26N2O3S/c1-3-17(22-21(25)20-15(2)10-13-27-20)16-8-4-5-9-18(16)26-14-19(24)23-11-6-7-12-23/h4-5,8-10,13,17H,3,6-7,11-12,14H2,1-2H3,(H,22,25). The number of carbonyl (C=O) groups excluding carboxylic acids is 2. The second-order valence-corrected chi connectivity index (χ2v) is 7.70. The van der Waals surface area contributed by atoms with Gasteiger partial charge in [0.1, 0.15) is 5.75 Å². The molecule has 5 nitrogen and oxygen atoms in total. The Bertz CT molecular complexity index is 796. The first kappa shape index (κ1) is 19.4. The summed E-state index contributed by atoms with van der Waals surface area (Å²) in [4.78, 5) is 27.5. The van der Waals surface area contributed by atoms with Crippen molar-refractivity contribution in [3.05, 3.63) is 51.7 Å². The molecule has 2 heterocycles. The Kier molecular flexibility index (Phi) is 6.50. The number of rotatable bonds is 7. The van der Waals surface area contributed by atoms with Gasteiger partial charge in [-0.05, 0) is 49.3 Å². The predicted molar refractivity (Wildman–Crippen MR) is 107 cm³/mol. The SMILES string of the molecule is CCC(NC(=O)c1sccc1C)c1ccccc1OCC(=O)N1CCCC1. The maximum Gasteiger partial charge on any atom is 0.262 e. The third-order valence-corrected chi connectivity index (χ3v) is 5.90. The molecule has 1 saturated heterocycles. The fourth-order valence-corrected chi connectivity index (χ4v) is 4.15. The fraction of sp³-hybridized carbons (Fsp3) is 0.429. The molecule has 0 saturated carbocycles. The van der Waals surface area contributed by atoms with Gasteiger partial charge in [0, 0.05) is 18.7 Å². The molecule has 0 radical (unpaired) electrons. The Hall–Kier alpha value is -2.34. The average molecular weight is 387 g/mol. The van der Waals surface area contributed by atoms with E-state index in [1.807, 2.05) is 54.5 Å². The minimum absolute atomic E-state index is 0.0218. The zero-order valence-corrected chi connectivity index (χ0v) is 16.7. The van der Waals surface area contributed by atoms with Crippen molar-refractivity contribution in [1.29, 1.82) is 0 Å². The van der Waals surface area contributed by atoms with Gasteiger partial charge in [-0.25, -0.2) is 0 Å². The maximum atomic E-state index is 12.6. The molecule has 1 aliphatic rings. The number of ether oxygens (including phenoxy) is 1. The first-order valence-corrected chi connectivity index (χ1v) is 10.3. The zero-order chi connectivity index (χ0) is 19.2. The van der Waals surface area contributed by atoms with Crippen LogP contribution in [0.1, 0.15) is 53.0 Å². The minimum Gasteiger partial charge on any atom is -0.483 e. The lowest BCUT2D eigenvalue weighted by molar-refractivity contribution is -0.132. The number of carbonyl (C=O) groups is 2. The fourth-order valence-electron chi connectivity index (χ4n) is 3.33. The summed E-state index contributed by atoms with van der Waals surface area (Å²) < 4.78 is 5.85. The Morgan fingerprint density at radius 1 is 1.22 bits per heavy atom. The highest BCUT2D eigenvalue weighted by Crippen LogP contribution is 2.28. The monoisotopic (exact) mass is 386 g/mol. The topological polar surface area (TPSA) is 58.6 Å². The number of nitrogens with one attached hydrogen (secondary N) is 1. The first-order chi connectivity index (χ1) is 13.1. The number of amides is 2. The van der Waals surface area contributed by atoms with Crippen molar-refractivity contribution >= 4 is 23.2 Å². The van der Waals surface area contributed by atoms with Crippen LogP contribution in [0.2, 0.25) is 0 Å². The molecular formula is C21H26N2O3S. The van der Waals surface area contributed by atoms with E-state index in [4.69, 9.17) is 4.74 Å². The first-order valence-electron chi connectivity index (χ1n) is 9.44. The van der Waals surface area contributed by atoms with Crippen molar-refractivity contribution in [1.82, 2.24) is 10.2 Å². The quantitative estimate of drug-likeness (QED) is 0.784. The summed E-state index contributed by atoms with van der Waals surface area (Å²) in [5.74, 6) is 0.603. The van der Waals surface area contributed by atoms with Crippen molar-refractivity contribution in [2.75, 3.05) is 19.7 Å². The van der Waals surface area contributed by atoms with Crippen LogP contribution in [0.4, 0.5) is 0 Å². The highest BCUT2D eigenvalue weighted by molar-refractivity contribution is 7.12. The molecule has 0 spiro atoms. The lowest BCUT2D eigenvalue weighted by atomic mass is 10.0. The number of nitrogens with zero attached hydrogens (tertiary/aromatic N) is 1. The van der Waals surface area contributed by atoms with E-state index < -0.39 is 0 Å². The molecule has 1 N–H and O–H groups in total. The average Bonchev–Trinajstić information content (AvgIpc) is 3.36. The van der Waals surface area contributed by atoms with Gasteiger partial charge in [0.2, 0.25) is 0 Å². The Morgan fingerprint density at radius 2 is 1.96 bits per heavy atom. The van der Waals surface area contributed by atoms with Crippen LogP contribution < -0.4 is 10.1 Å². The third-order valence-electron chi connectivity index (χ3n) is 4.89. The summed E-state index contributed by atoms with van der Waals surface area (Å²) in [6.07, 6.45) is 2.86. The molecule has 1 aliphatic heterocycles. The van der Waals surface area contributed by atoms with E-state index >= 15 is 0 Å². The lowest BCUT2D eigenvalue weighted by Gasteiger charge is -2.21. The molecule has 144 valence electrons. The molecule has 3 rings (SSSR count). The van der Waals surface area contributed by atoms with Crippen molar-refractivity contribution in [2.24, 2.45) is 0 Å². The molecule has 1 aromatic heterocycles. The van der Waals surface area contributed by atoms with E-state index in [0.717, 1.165) is 48.4 Å². The zero-order valence-electron chi connectivity index (χ0n) is 15.9. The van der Waals surface area contributed by atoms with Gasteiger partial charge in [-0.2, -0.15) is 0 Å². The molecule has 27 heavy (non-hydrogen) atoms. The van der Waals surface area contributed by atoms with Gasteiger partial charge in [0.25, 0.3) is 11.8 Å². The highest BCUT2D eigenvalue weighted by atomic mass is 32.1. The Balaban J connectivity index is 1.69. The molecule has 1 unspecified atom stereocenters. The highest BCUT2D eigenvalue weighted by Gasteiger charge is 2.21. The molecule has 1 atom stereocenters. The summed E-state index contributed by atoms with van der Waals surface area (Å²) in [6.45, 7) is 5.63. The van der Waals surface area contributed by atoms with Crippen LogP contribution in [0.3, 0.4) is 0 Å². The summed E-state index contributed by atoms with van der Waals surface area (Å²) in [5, 5.41) is 5.03. The van der Waals surface area contributed by atoms with Crippen molar-refractivity contribution in [3.63, 3.8) is 0 Å². The van der Waals surface area contributed by atoms with E-state index in [9.17, 15) is 9.59 Å². The molecule has 0 aliphatic carbocycles. The van der Waals surface area contributed by atoms with Crippen LogP contribution in [0.15, 0.2) is 35.7 Å². The third kappa shape index (κ3) is 4.69. The van der Waals surface area contributed by atoms with E-state index in [0.29, 0.717) is 5.75 Å². The van der Waals surface area contributed by atoms with Crippen molar-refractivity contribution in [3.8, 4) is 5.75 Å². The van der Waals surface area contributed by atoms with Crippen LogP contribution >= 0.6 is 11.3 Å². The van der Waals surface area contributed by atoms with Gasteiger partial charge in [-0.3, -0.25) is 9.59 Å². The maximum absolute atomic E-state index is 12.6. The van der Waals surface area contributed by atoms with Crippen LogP contribution in [0, 0.1) is 6.92 Å². The molecular weight excluding hydrogens is 360 g/mol. The van der Waals surface area contributed by atoms with Gasteiger partial charge in [-0.1, -0.05) is 25.1 Å². The molecule has 2 aromatic rings. The normalized spacial score (nSPS) is 14.8. The molecule has 2 amide bonds. The number of hydrogen-bond acceptors (Lipinski definition) is 4. The Labute approximate surface area is 164 Å². The number of benzene rings is 1. The van der Waals surface area contributed by atoms with Gasteiger partial charge < -0.3 is 15.0 Å². The van der Waals surface area contributed by atoms with Gasteiger partial charge in [0.15, 0.2) is 6.61 Å². The second-order valence-electron chi connectivity index (χ2n) is 6.78. The number of hydrogen-bond donors (Lipinski definition) is 1. The van der Waals surface area contributed by atoms with E-state index in [-0.39, 0.29) is 24.5 Å². The molecule has 6 heteroatoms. The van der Waals surface area contributed by atoms with Crippen LogP contribution in [0.25, 0.3) is 0 Å². The molecule has 0 bridgehead atoms. The number of para-hydroxylation sites is 1. The predicted octanol–water partition coefficient (Wildman–Crippen LogP) is 3.94. The summed E-state index contributed by atoms with van der Waals surface area (Å²) in [5.41, 5.74) is 1.88. The van der Waals surface area contributed by atoms with Crippen LogP contribution in [-0.4, -0.2) is 36.4 Å². The number of thiophene rings is 1. The number of aryl methyl sites for hydroxylation is 1.